The molecule has 0 fully saturated rings. The highest BCUT2D eigenvalue weighted by Gasteiger charge is 2.23. The zero-order valence-electron chi connectivity index (χ0n) is 27.4. The molecular formula is C45H32N4O. The van der Waals surface area contributed by atoms with E-state index in [2.05, 4.69) is 144 Å². The van der Waals surface area contributed by atoms with Gasteiger partial charge in [0.2, 0.25) is 0 Å². The molecular weight excluding hydrogens is 613 g/mol. The molecule has 0 unspecified atom stereocenters. The third-order valence-corrected chi connectivity index (χ3v) is 9.12. The predicted molar refractivity (Wildman–Crippen MR) is 203 cm³/mol. The van der Waals surface area contributed by atoms with Gasteiger partial charge in [-0.1, -0.05) is 115 Å². The summed E-state index contributed by atoms with van der Waals surface area (Å²) in [6, 6.07) is 58.4. The summed E-state index contributed by atoms with van der Waals surface area (Å²) >= 11 is 0. The molecule has 0 spiro atoms. The number of rotatable bonds is 7. The average Bonchev–Trinajstić information content (AvgIpc) is 3.73. The van der Waals surface area contributed by atoms with Crippen LogP contribution in [0.4, 0.5) is 0 Å². The van der Waals surface area contributed by atoms with Gasteiger partial charge in [-0.15, -0.1) is 0 Å². The van der Waals surface area contributed by atoms with Gasteiger partial charge in [-0.25, -0.2) is 9.67 Å². The van der Waals surface area contributed by atoms with Crippen LogP contribution in [0.25, 0.3) is 67.0 Å². The first-order valence-electron chi connectivity index (χ1n) is 16.7. The van der Waals surface area contributed by atoms with Crippen molar-refractivity contribution in [2.45, 2.75) is 6.92 Å². The normalized spacial score (nSPS) is 11.3. The fourth-order valence-electron chi connectivity index (χ4n) is 6.86. The van der Waals surface area contributed by atoms with Crippen molar-refractivity contribution < 1.29 is 4.74 Å². The Kier molecular flexibility index (Phi) is 7.29. The van der Waals surface area contributed by atoms with Gasteiger partial charge in [0.15, 0.2) is 0 Å². The van der Waals surface area contributed by atoms with Crippen LogP contribution in [0.2, 0.25) is 0 Å². The van der Waals surface area contributed by atoms with Crippen LogP contribution in [0, 0.1) is 6.92 Å². The van der Waals surface area contributed by atoms with Gasteiger partial charge in [0.25, 0.3) is 0 Å². The lowest BCUT2D eigenvalue weighted by molar-refractivity contribution is 0.483. The Balaban J connectivity index is 1.18. The molecule has 0 N–H and O–H groups in total. The molecule has 5 heteroatoms. The summed E-state index contributed by atoms with van der Waals surface area (Å²) in [6.07, 6.45) is 1.86. The Morgan fingerprint density at radius 2 is 1.18 bits per heavy atom. The number of hydrogen-bond acceptors (Lipinski definition) is 3. The molecule has 0 aliphatic heterocycles. The highest BCUT2D eigenvalue weighted by atomic mass is 16.5. The molecule has 50 heavy (non-hydrogen) atoms. The fraction of sp³-hybridized carbons (Fsp3) is 0.0222. The van der Waals surface area contributed by atoms with E-state index in [1.807, 2.05) is 48.7 Å². The van der Waals surface area contributed by atoms with E-state index in [0.717, 1.165) is 78.6 Å². The molecule has 6 aromatic carbocycles. The van der Waals surface area contributed by atoms with Gasteiger partial charge in [0.1, 0.15) is 23.0 Å². The van der Waals surface area contributed by atoms with Crippen LogP contribution in [0.1, 0.15) is 5.56 Å². The van der Waals surface area contributed by atoms with E-state index in [1.54, 1.807) is 0 Å². The van der Waals surface area contributed by atoms with E-state index in [1.165, 1.54) is 5.39 Å². The molecule has 0 radical (unpaired) electrons. The standard InChI is InChI=1S/C45H32N4O/c1-31-26-27-46-42(28-31)48-40-23-12-11-22-38(40)39-25-24-37(30-41(39)48)50-36-21-13-20-35(29-36)49-45(34-18-9-4-10-19-34)43(32-14-5-2-6-15-32)44(47-49)33-16-7-3-8-17-33/h2-30H,1H3. The molecule has 0 atom stereocenters. The van der Waals surface area contributed by atoms with Crippen LogP contribution in [0.3, 0.4) is 0 Å². The molecule has 9 rings (SSSR count). The van der Waals surface area contributed by atoms with Crippen molar-refractivity contribution >= 4 is 21.8 Å². The smallest absolute Gasteiger partial charge is 0.137 e. The van der Waals surface area contributed by atoms with Crippen molar-refractivity contribution in [1.82, 2.24) is 19.3 Å². The van der Waals surface area contributed by atoms with Crippen molar-refractivity contribution in [2.75, 3.05) is 0 Å². The van der Waals surface area contributed by atoms with Crippen molar-refractivity contribution in [3.8, 4) is 56.6 Å². The maximum Gasteiger partial charge on any atom is 0.137 e. The largest absolute Gasteiger partial charge is 0.457 e. The molecule has 0 amide bonds. The maximum absolute atomic E-state index is 6.64. The molecule has 5 nitrogen and oxygen atoms in total. The average molecular weight is 645 g/mol. The molecule has 0 saturated heterocycles. The predicted octanol–water partition coefficient (Wildman–Crippen LogP) is 11.5. The summed E-state index contributed by atoms with van der Waals surface area (Å²) in [5, 5.41) is 7.64. The summed E-state index contributed by atoms with van der Waals surface area (Å²) in [4.78, 5) is 4.74. The van der Waals surface area contributed by atoms with Crippen molar-refractivity contribution in [1.29, 1.82) is 0 Å². The third-order valence-electron chi connectivity index (χ3n) is 9.12. The number of fused-ring (bicyclic) bond motifs is 3. The van der Waals surface area contributed by atoms with Crippen LogP contribution in [-0.2, 0) is 0 Å². The number of aryl methyl sites for hydroxylation is 1. The first-order chi connectivity index (χ1) is 24.7. The van der Waals surface area contributed by atoms with E-state index in [-0.39, 0.29) is 0 Å². The number of nitrogens with zero attached hydrogens (tertiary/aromatic N) is 4. The van der Waals surface area contributed by atoms with Gasteiger partial charge in [0, 0.05) is 45.8 Å². The minimum absolute atomic E-state index is 0.718. The summed E-state index contributed by atoms with van der Waals surface area (Å²) in [5.74, 6) is 2.34. The van der Waals surface area contributed by atoms with Crippen LogP contribution >= 0.6 is 0 Å². The van der Waals surface area contributed by atoms with E-state index in [9.17, 15) is 0 Å². The molecule has 0 aliphatic rings. The van der Waals surface area contributed by atoms with Crippen LogP contribution in [-0.4, -0.2) is 19.3 Å². The zero-order chi connectivity index (χ0) is 33.4. The quantitative estimate of drug-likeness (QED) is 0.173. The molecule has 3 heterocycles. The van der Waals surface area contributed by atoms with Crippen LogP contribution < -0.4 is 4.74 Å². The Morgan fingerprint density at radius 1 is 0.520 bits per heavy atom. The summed E-state index contributed by atoms with van der Waals surface area (Å²) in [7, 11) is 0. The second-order valence-electron chi connectivity index (χ2n) is 12.4. The number of aromatic nitrogens is 4. The number of pyridine rings is 1. The minimum atomic E-state index is 0.718. The molecule has 0 saturated carbocycles. The molecule has 9 aromatic rings. The van der Waals surface area contributed by atoms with Gasteiger partial charge in [0.05, 0.1) is 22.4 Å². The number of para-hydroxylation sites is 1. The molecule has 0 bridgehead atoms. The first-order valence-corrected chi connectivity index (χ1v) is 16.7. The lowest BCUT2D eigenvalue weighted by Gasteiger charge is -2.13. The highest BCUT2D eigenvalue weighted by Crippen LogP contribution is 2.42. The van der Waals surface area contributed by atoms with Gasteiger partial charge in [-0.2, -0.15) is 5.10 Å². The maximum atomic E-state index is 6.64. The summed E-state index contributed by atoms with van der Waals surface area (Å²) in [6.45, 7) is 2.09. The molecule has 3 aromatic heterocycles. The van der Waals surface area contributed by atoms with E-state index >= 15 is 0 Å². The third kappa shape index (κ3) is 5.22. The zero-order valence-corrected chi connectivity index (χ0v) is 27.4. The topological polar surface area (TPSA) is 44.9 Å². The van der Waals surface area contributed by atoms with Gasteiger partial charge >= 0.3 is 0 Å². The molecule has 0 aliphatic carbocycles. The van der Waals surface area contributed by atoms with Gasteiger partial charge < -0.3 is 4.74 Å². The number of ether oxygens (including phenoxy) is 1. The lowest BCUT2D eigenvalue weighted by atomic mass is 9.96. The SMILES string of the molecule is Cc1ccnc(-n2c3ccccc3c3ccc(Oc4cccc(-n5nc(-c6ccccc6)c(-c6ccccc6)c5-c5ccccc5)c4)cc32)c1. The monoisotopic (exact) mass is 644 g/mol. The Morgan fingerprint density at radius 3 is 1.94 bits per heavy atom. The van der Waals surface area contributed by atoms with Crippen molar-refractivity contribution in [2.24, 2.45) is 0 Å². The Hall–Kier alpha value is -6.72. The second-order valence-corrected chi connectivity index (χ2v) is 12.4. The second kappa shape index (κ2) is 12.4. The van der Waals surface area contributed by atoms with E-state index in [0.29, 0.717) is 0 Å². The van der Waals surface area contributed by atoms with Crippen molar-refractivity contribution in [3.63, 3.8) is 0 Å². The van der Waals surface area contributed by atoms with Crippen LogP contribution in [0.15, 0.2) is 176 Å². The highest BCUT2D eigenvalue weighted by molar-refractivity contribution is 6.09. The van der Waals surface area contributed by atoms with E-state index in [4.69, 9.17) is 14.8 Å². The number of benzene rings is 6. The van der Waals surface area contributed by atoms with E-state index < -0.39 is 0 Å². The first kappa shape index (κ1) is 29.4. The number of hydrogen-bond donors (Lipinski definition) is 0. The van der Waals surface area contributed by atoms with Gasteiger partial charge in [-0.05, 0) is 60.5 Å². The molecule has 238 valence electrons. The Bertz CT molecular complexity index is 2620. The summed E-state index contributed by atoms with van der Waals surface area (Å²) in [5.41, 5.74) is 10.5. The van der Waals surface area contributed by atoms with Gasteiger partial charge in [-0.3, -0.25) is 4.57 Å². The Labute approximate surface area is 290 Å². The lowest BCUT2D eigenvalue weighted by Crippen LogP contribution is -2.00. The summed E-state index contributed by atoms with van der Waals surface area (Å²) < 4.78 is 10.9. The van der Waals surface area contributed by atoms with Crippen molar-refractivity contribution in [3.05, 3.63) is 182 Å². The fourth-order valence-corrected chi connectivity index (χ4v) is 6.86. The van der Waals surface area contributed by atoms with Crippen LogP contribution in [0.5, 0.6) is 11.5 Å². The minimum Gasteiger partial charge on any atom is -0.457 e.